The van der Waals surface area contributed by atoms with Crippen molar-refractivity contribution in [1.29, 1.82) is 0 Å². The van der Waals surface area contributed by atoms with Gasteiger partial charge in [0.15, 0.2) is 0 Å². The molecule has 6 heteroatoms. The van der Waals surface area contributed by atoms with Gasteiger partial charge in [-0.25, -0.2) is 9.78 Å². The number of hydrogen-bond acceptors (Lipinski definition) is 4. The molecule has 0 unspecified atom stereocenters. The molecule has 0 radical (unpaired) electrons. The highest BCUT2D eigenvalue weighted by Crippen LogP contribution is 2.29. The normalized spacial score (nSPS) is 17.5. The summed E-state index contributed by atoms with van der Waals surface area (Å²) in [5.74, 6) is -1.26. The van der Waals surface area contributed by atoms with Gasteiger partial charge in [0.2, 0.25) is 0 Å². The minimum Gasteiger partial charge on any atom is -0.480 e. The highest BCUT2D eigenvalue weighted by Gasteiger charge is 2.41. The summed E-state index contributed by atoms with van der Waals surface area (Å²) < 4.78 is 0.927. The van der Waals surface area contributed by atoms with E-state index in [4.69, 9.17) is 0 Å². The number of aromatic nitrogens is 1. The van der Waals surface area contributed by atoms with Gasteiger partial charge in [-0.15, -0.1) is 11.3 Å². The van der Waals surface area contributed by atoms with Crippen molar-refractivity contribution >= 4 is 33.4 Å². The zero-order valence-corrected chi connectivity index (χ0v) is 12.3. The maximum atomic E-state index is 12.4. The van der Waals surface area contributed by atoms with Gasteiger partial charge in [0.1, 0.15) is 5.54 Å². The number of thiazole rings is 1. The molecule has 1 aromatic carbocycles. The number of carbonyl (C=O) groups excluding carboxylic acids is 1. The number of nitrogens with one attached hydrogen (secondary N) is 1. The van der Waals surface area contributed by atoms with E-state index in [1.165, 1.54) is 11.3 Å². The molecule has 5 nitrogen and oxygen atoms in total. The van der Waals surface area contributed by atoms with Crippen LogP contribution in [0, 0.1) is 0 Å². The summed E-state index contributed by atoms with van der Waals surface area (Å²) in [6.45, 7) is 0. The first-order valence-corrected chi connectivity index (χ1v) is 7.88. The Morgan fingerprint density at radius 3 is 2.71 bits per heavy atom. The summed E-state index contributed by atoms with van der Waals surface area (Å²) in [4.78, 5) is 28.2. The van der Waals surface area contributed by atoms with E-state index in [9.17, 15) is 14.7 Å². The molecule has 1 saturated carbocycles. The Labute approximate surface area is 126 Å². The van der Waals surface area contributed by atoms with Crippen molar-refractivity contribution in [2.45, 2.75) is 37.6 Å². The van der Waals surface area contributed by atoms with Crippen molar-refractivity contribution in [3.05, 3.63) is 29.3 Å². The number of rotatable bonds is 3. The summed E-state index contributed by atoms with van der Waals surface area (Å²) in [5, 5.41) is 12.3. The average molecular weight is 304 g/mol. The first kappa shape index (κ1) is 14.0. The fraction of sp³-hybridized carbons (Fsp3) is 0.400. The maximum Gasteiger partial charge on any atom is 0.329 e. The number of benzene rings is 1. The van der Waals surface area contributed by atoms with Crippen molar-refractivity contribution < 1.29 is 14.7 Å². The molecule has 1 heterocycles. The molecule has 21 heavy (non-hydrogen) atoms. The van der Waals surface area contributed by atoms with E-state index in [1.54, 1.807) is 23.7 Å². The van der Waals surface area contributed by atoms with Crippen LogP contribution in [0.1, 0.15) is 42.5 Å². The molecule has 0 spiro atoms. The lowest BCUT2D eigenvalue weighted by molar-refractivity contribution is -0.145. The number of carboxylic acids is 1. The zero-order chi connectivity index (χ0) is 14.9. The first-order chi connectivity index (χ1) is 10.1. The van der Waals surface area contributed by atoms with Crippen LogP contribution < -0.4 is 5.32 Å². The van der Waals surface area contributed by atoms with Crippen molar-refractivity contribution in [3.63, 3.8) is 0 Å². The molecule has 2 N–H and O–H groups in total. The maximum absolute atomic E-state index is 12.4. The Hall–Kier alpha value is -1.95. The molecule has 1 aromatic heterocycles. The van der Waals surface area contributed by atoms with Crippen LogP contribution in [-0.2, 0) is 4.79 Å². The molecular formula is C15H16N2O3S. The van der Waals surface area contributed by atoms with E-state index in [2.05, 4.69) is 10.3 Å². The zero-order valence-electron chi connectivity index (χ0n) is 11.5. The standard InChI is InChI=1S/C15H16N2O3S/c18-13(10-4-5-11-12(8-10)21-9-16-11)17-15(14(19)20)6-2-1-3-7-15/h4-5,8-9H,1-3,6-7H2,(H,17,18)(H,19,20). The van der Waals surface area contributed by atoms with Gasteiger partial charge in [0.25, 0.3) is 5.91 Å². The number of fused-ring (bicyclic) bond motifs is 1. The predicted octanol–water partition coefficient (Wildman–Crippen LogP) is 2.81. The summed E-state index contributed by atoms with van der Waals surface area (Å²) in [5.41, 5.74) is 1.95. The van der Waals surface area contributed by atoms with E-state index < -0.39 is 11.5 Å². The summed E-state index contributed by atoms with van der Waals surface area (Å²) in [6.07, 6.45) is 3.69. The van der Waals surface area contributed by atoms with Gasteiger partial charge < -0.3 is 10.4 Å². The van der Waals surface area contributed by atoms with E-state index in [0.29, 0.717) is 18.4 Å². The molecule has 1 fully saturated rings. The smallest absolute Gasteiger partial charge is 0.329 e. The Bertz CT molecular complexity index is 689. The van der Waals surface area contributed by atoms with Crippen molar-refractivity contribution in [3.8, 4) is 0 Å². The van der Waals surface area contributed by atoms with E-state index >= 15 is 0 Å². The van der Waals surface area contributed by atoms with E-state index in [0.717, 1.165) is 29.5 Å². The molecule has 0 saturated heterocycles. The fourth-order valence-corrected chi connectivity index (χ4v) is 3.55. The topological polar surface area (TPSA) is 79.3 Å². The minimum atomic E-state index is -1.11. The molecule has 110 valence electrons. The number of carbonyl (C=O) groups is 2. The molecule has 0 aliphatic heterocycles. The lowest BCUT2D eigenvalue weighted by Gasteiger charge is -2.33. The van der Waals surface area contributed by atoms with Crippen LogP contribution in [0.3, 0.4) is 0 Å². The number of aliphatic carboxylic acids is 1. The van der Waals surface area contributed by atoms with Crippen LogP contribution >= 0.6 is 11.3 Å². The second-order valence-corrected chi connectivity index (χ2v) is 6.32. The largest absolute Gasteiger partial charge is 0.480 e. The van der Waals surface area contributed by atoms with Crippen LogP contribution in [0.25, 0.3) is 10.2 Å². The second kappa shape index (κ2) is 5.44. The molecule has 0 atom stereocenters. The number of amides is 1. The van der Waals surface area contributed by atoms with Crippen LogP contribution in [0.5, 0.6) is 0 Å². The third-order valence-electron chi connectivity index (χ3n) is 4.06. The Morgan fingerprint density at radius 2 is 2.00 bits per heavy atom. The molecule has 1 aliphatic rings. The van der Waals surface area contributed by atoms with Gasteiger partial charge in [-0.3, -0.25) is 4.79 Å². The van der Waals surface area contributed by atoms with Crippen molar-refractivity contribution in [2.75, 3.05) is 0 Å². The highest BCUT2D eigenvalue weighted by molar-refractivity contribution is 7.16. The molecule has 2 aromatic rings. The Morgan fingerprint density at radius 1 is 1.24 bits per heavy atom. The monoisotopic (exact) mass is 304 g/mol. The van der Waals surface area contributed by atoms with Crippen molar-refractivity contribution in [2.24, 2.45) is 0 Å². The second-order valence-electron chi connectivity index (χ2n) is 5.44. The van der Waals surface area contributed by atoms with Gasteiger partial charge in [-0.1, -0.05) is 19.3 Å². The predicted molar refractivity (Wildman–Crippen MR) is 80.5 cm³/mol. The van der Waals surface area contributed by atoms with E-state index in [-0.39, 0.29) is 5.91 Å². The summed E-state index contributed by atoms with van der Waals surface area (Å²) in [7, 11) is 0. The summed E-state index contributed by atoms with van der Waals surface area (Å²) in [6, 6.07) is 5.24. The van der Waals surface area contributed by atoms with Crippen LogP contribution in [-0.4, -0.2) is 27.5 Å². The quantitative estimate of drug-likeness (QED) is 0.914. The van der Waals surface area contributed by atoms with Crippen LogP contribution in [0.2, 0.25) is 0 Å². The average Bonchev–Trinajstić information content (AvgIpc) is 2.95. The summed E-state index contributed by atoms with van der Waals surface area (Å²) >= 11 is 1.46. The van der Waals surface area contributed by atoms with Crippen LogP contribution in [0.15, 0.2) is 23.7 Å². The van der Waals surface area contributed by atoms with Crippen molar-refractivity contribution in [1.82, 2.24) is 10.3 Å². The van der Waals surface area contributed by atoms with Gasteiger partial charge in [-0.2, -0.15) is 0 Å². The number of nitrogens with zero attached hydrogens (tertiary/aromatic N) is 1. The third kappa shape index (κ3) is 2.63. The van der Waals surface area contributed by atoms with E-state index in [1.807, 2.05) is 0 Å². The number of carboxylic acid groups (broad SMARTS) is 1. The molecular weight excluding hydrogens is 288 g/mol. The first-order valence-electron chi connectivity index (χ1n) is 7.00. The molecule has 0 bridgehead atoms. The van der Waals surface area contributed by atoms with Gasteiger partial charge in [0.05, 0.1) is 15.7 Å². The Balaban J connectivity index is 1.85. The lowest BCUT2D eigenvalue weighted by Crippen LogP contribution is -2.55. The molecule has 1 aliphatic carbocycles. The highest BCUT2D eigenvalue weighted by atomic mass is 32.1. The SMILES string of the molecule is O=C(NC1(C(=O)O)CCCCC1)c1ccc2ncsc2c1. The Kier molecular flexibility index (Phi) is 3.63. The van der Waals surface area contributed by atoms with Gasteiger partial charge >= 0.3 is 5.97 Å². The van der Waals surface area contributed by atoms with Gasteiger partial charge in [-0.05, 0) is 31.0 Å². The minimum absolute atomic E-state index is 0.324. The third-order valence-corrected chi connectivity index (χ3v) is 4.85. The lowest BCUT2D eigenvalue weighted by atomic mass is 9.81. The number of hydrogen-bond donors (Lipinski definition) is 2. The fourth-order valence-electron chi connectivity index (χ4n) is 2.83. The molecule has 1 amide bonds. The van der Waals surface area contributed by atoms with Crippen LogP contribution in [0.4, 0.5) is 0 Å². The van der Waals surface area contributed by atoms with Gasteiger partial charge in [0, 0.05) is 5.56 Å². The molecule has 3 rings (SSSR count).